The summed E-state index contributed by atoms with van der Waals surface area (Å²) in [7, 11) is 0. The van der Waals surface area contributed by atoms with Gasteiger partial charge in [-0.3, -0.25) is 4.79 Å². The summed E-state index contributed by atoms with van der Waals surface area (Å²) in [6.45, 7) is 4.14. The summed E-state index contributed by atoms with van der Waals surface area (Å²) < 4.78 is 1.77. The molecule has 112 valence electrons. The Bertz CT molecular complexity index is 562. The predicted octanol–water partition coefficient (Wildman–Crippen LogP) is 1.55. The Morgan fingerprint density at radius 2 is 2.05 bits per heavy atom. The molecular weight excluding hydrogens is 266 g/mol. The lowest BCUT2D eigenvalue weighted by Gasteiger charge is -2.15. The molecule has 5 heteroatoms. The molecule has 0 saturated heterocycles. The van der Waals surface area contributed by atoms with Crippen molar-refractivity contribution in [3.05, 3.63) is 48.3 Å². The molecule has 0 aliphatic heterocycles. The van der Waals surface area contributed by atoms with Crippen molar-refractivity contribution < 1.29 is 9.90 Å². The molecule has 1 unspecified atom stereocenters. The number of benzene rings is 1. The van der Waals surface area contributed by atoms with Crippen LogP contribution in [-0.4, -0.2) is 33.4 Å². The molecule has 0 radical (unpaired) electrons. The van der Waals surface area contributed by atoms with E-state index in [0.29, 0.717) is 13.0 Å². The summed E-state index contributed by atoms with van der Waals surface area (Å²) in [6.07, 6.45) is 3.40. The van der Waals surface area contributed by atoms with Crippen molar-refractivity contribution >= 4 is 5.91 Å². The second kappa shape index (κ2) is 7.04. The van der Waals surface area contributed by atoms with Gasteiger partial charge in [-0.25, -0.2) is 4.68 Å². The van der Waals surface area contributed by atoms with Crippen LogP contribution in [0.4, 0.5) is 0 Å². The molecule has 0 aliphatic carbocycles. The number of amides is 1. The summed E-state index contributed by atoms with van der Waals surface area (Å²) in [6, 6.07) is 9.55. The maximum Gasteiger partial charge on any atom is 0.224 e. The van der Waals surface area contributed by atoms with E-state index in [9.17, 15) is 9.90 Å². The van der Waals surface area contributed by atoms with Crippen molar-refractivity contribution in [2.45, 2.75) is 26.4 Å². The third-order valence-corrected chi connectivity index (χ3v) is 3.35. The first kappa shape index (κ1) is 15.3. The number of carbonyl (C=O) groups is 1. The van der Waals surface area contributed by atoms with Crippen molar-refractivity contribution in [2.75, 3.05) is 6.54 Å². The van der Waals surface area contributed by atoms with Crippen LogP contribution in [0, 0.1) is 5.92 Å². The summed E-state index contributed by atoms with van der Waals surface area (Å²) >= 11 is 0. The molecule has 1 atom stereocenters. The number of carbonyl (C=O) groups excluding carboxylic acids is 1. The maximum absolute atomic E-state index is 11.8. The number of nitrogens with zero attached hydrogens (tertiary/aromatic N) is 2. The lowest BCUT2D eigenvalue weighted by molar-refractivity contribution is -0.121. The van der Waals surface area contributed by atoms with E-state index >= 15 is 0 Å². The van der Waals surface area contributed by atoms with Gasteiger partial charge in [0.2, 0.25) is 5.91 Å². The molecule has 1 aromatic carbocycles. The molecule has 1 amide bonds. The lowest BCUT2D eigenvalue weighted by atomic mass is 10.1. The molecule has 0 saturated carbocycles. The zero-order valence-electron chi connectivity index (χ0n) is 12.4. The van der Waals surface area contributed by atoms with Crippen LogP contribution in [0.25, 0.3) is 5.69 Å². The number of rotatable bonds is 6. The van der Waals surface area contributed by atoms with E-state index in [-0.39, 0.29) is 11.8 Å². The number of nitrogens with one attached hydrogen (secondary N) is 1. The van der Waals surface area contributed by atoms with E-state index in [4.69, 9.17) is 0 Å². The van der Waals surface area contributed by atoms with E-state index < -0.39 is 6.10 Å². The average Bonchev–Trinajstić information content (AvgIpc) is 2.99. The highest BCUT2D eigenvalue weighted by molar-refractivity contribution is 5.78. The van der Waals surface area contributed by atoms with Gasteiger partial charge in [0.25, 0.3) is 0 Å². The van der Waals surface area contributed by atoms with Gasteiger partial charge >= 0.3 is 0 Å². The highest BCUT2D eigenvalue weighted by Crippen LogP contribution is 2.09. The van der Waals surface area contributed by atoms with Gasteiger partial charge in [-0.2, -0.15) is 5.10 Å². The van der Waals surface area contributed by atoms with Crippen LogP contribution in [-0.2, 0) is 11.2 Å². The van der Waals surface area contributed by atoms with Gasteiger partial charge in [-0.05, 0) is 29.7 Å². The van der Waals surface area contributed by atoms with Gasteiger partial charge < -0.3 is 10.4 Å². The zero-order valence-corrected chi connectivity index (χ0v) is 12.4. The molecule has 0 bridgehead atoms. The fourth-order valence-corrected chi connectivity index (χ4v) is 1.89. The smallest absolute Gasteiger partial charge is 0.224 e. The summed E-state index contributed by atoms with van der Waals surface area (Å²) in [4.78, 5) is 11.8. The third kappa shape index (κ3) is 4.43. The van der Waals surface area contributed by atoms with Gasteiger partial charge in [0.05, 0.1) is 18.2 Å². The van der Waals surface area contributed by atoms with Gasteiger partial charge in [-0.15, -0.1) is 0 Å². The molecule has 5 nitrogen and oxygen atoms in total. The molecular formula is C16H21N3O2. The van der Waals surface area contributed by atoms with Gasteiger partial charge in [0.1, 0.15) is 0 Å². The molecule has 1 heterocycles. The number of aliphatic hydroxyl groups is 1. The molecule has 2 rings (SSSR count). The second-order valence-corrected chi connectivity index (χ2v) is 5.41. The lowest BCUT2D eigenvalue weighted by Crippen LogP contribution is -2.35. The zero-order chi connectivity index (χ0) is 15.2. The van der Waals surface area contributed by atoms with Gasteiger partial charge in [0.15, 0.2) is 0 Å². The highest BCUT2D eigenvalue weighted by Gasteiger charge is 2.11. The Hall–Kier alpha value is -2.14. The minimum Gasteiger partial charge on any atom is -0.391 e. The minimum absolute atomic E-state index is 0.0819. The first-order valence-corrected chi connectivity index (χ1v) is 7.10. The largest absolute Gasteiger partial charge is 0.391 e. The average molecular weight is 287 g/mol. The Kier molecular flexibility index (Phi) is 5.11. The summed E-state index contributed by atoms with van der Waals surface area (Å²) in [5.41, 5.74) is 1.89. The fourth-order valence-electron chi connectivity index (χ4n) is 1.89. The molecule has 0 aliphatic rings. The maximum atomic E-state index is 11.8. The van der Waals surface area contributed by atoms with Crippen molar-refractivity contribution in [1.29, 1.82) is 0 Å². The Morgan fingerprint density at radius 3 is 2.62 bits per heavy atom. The SMILES string of the molecule is CC(C)C(O)CNC(=O)Cc1ccc(-n2cccn2)cc1. The van der Waals surface area contributed by atoms with Crippen LogP contribution in [0.3, 0.4) is 0 Å². The number of hydrogen-bond donors (Lipinski definition) is 2. The highest BCUT2D eigenvalue weighted by atomic mass is 16.3. The monoisotopic (exact) mass is 287 g/mol. The molecule has 2 aromatic rings. The van der Waals surface area contributed by atoms with Crippen molar-refractivity contribution in [3.8, 4) is 5.69 Å². The topological polar surface area (TPSA) is 67.2 Å². The molecule has 1 aromatic heterocycles. The molecule has 2 N–H and O–H groups in total. The molecule has 0 fully saturated rings. The van der Waals surface area contributed by atoms with E-state index in [2.05, 4.69) is 10.4 Å². The Labute approximate surface area is 124 Å². The minimum atomic E-state index is -0.504. The molecule has 0 spiro atoms. The normalized spacial score (nSPS) is 12.4. The quantitative estimate of drug-likeness (QED) is 0.847. The fraction of sp³-hybridized carbons (Fsp3) is 0.375. The Morgan fingerprint density at radius 1 is 1.33 bits per heavy atom. The number of hydrogen-bond acceptors (Lipinski definition) is 3. The summed E-state index contributed by atoms with van der Waals surface area (Å²) in [5, 5.41) is 16.6. The van der Waals surface area contributed by atoms with Crippen LogP contribution in [0.15, 0.2) is 42.7 Å². The van der Waals surface area contributed by atoms with Crippen molar-refractivity contribution in [2.24, 2.45) is 5.92 Å². The summed E-state index contributed by atoms with van der Waals surface area (Å²) in [5.74, 6) is 0.0557. The Balaban J connectivity index is 1.87. The van der Waals surface area contributed by atoms with E-state index in [0.717, 1.165) is 11.3 Å². The number of aliphatic hydroxyl groups excluding tert-OH is 1. The predicted molar refractivity (Wildman–Crippen MR) is 81.1 cm³/mol. The van der Waals surface area contributed by atoms with E-state index in [1.807, 2.05) is 50.4 Å². The number of aromatic nitrogens is 2. The first-order chi connectivity index (χ1) is 10.1. The van der Waals surface area contributed by atoms with E-state index in [1.54, 1.807) is 10.9 Å². The van der Waals surface area contributed by atoms with Gasteiger partial charge in [0, 0.05) is 18.9 Å². The van der Waals surface area contributed by atoms with Gasteiger partial charge in [-0.1, -0.05) is 26.0 Å². The van der Waals surface area contributed by atoms with Crippen molar-refractivity contribution in [3.63, 3.8) is 0 Å². The first-order valence-electron chi connectivity index (χ1n) is 7.10. The third-order valence-electron chi connectivity index (χ3n) is 3.35. The second-order valence-electron chi connectivity index (χ2n) is 5.41. The van der Waals surface area contributed by atoms with Crippen LogP contribution in [0.2, 0.25) is 0 Å². The molecule has 21 heavy (non-hydrogen) atoms. The van der Waals surface area contributed by atoms with Crippen LogP contribution in [0.5, 0.6) is 0 Å². The van der Waals surface area contributed by atoms with E-state index in [1.165, 1.54) is 0 Å². The van der Waals surface area contributed by atoms with Crippen LogP contribution < -0.4 is 5.32 Å². The van der Waals surface area contributed by atoms with Crippen LogP contribution >= 0.6 is 0 Å². The van der Waals surface area contributed by atoms with Crippen LogP contribution in [0.1, 0.15) is 19.4 Å². The standard InChI is InChI=1S/C16H21N3O2/c1-12(2)15(20)11-17-16(21)10-13-4-6-14(7-5-13)19-9-3-8-18-19/h3-9,12,15,20H,10-11H2,1-2H3,(H,17,21). The van der Waals surface area contributed by atoms with Crippen molar-refractivity contribution in [1.82, 2.24) is 15.1 Å².